The summed E-state index contributed by atoms with van der Waals surface area (Å²) in [5.74, 6) is -1.28. The number of para-hydroxylation sites is 1. The van der Waals surface area contributed by atoms with E-state index in [1.165, 1.54) is 25.3 Å². The first-order valence-corrected chi connectivity index (χ1v) is 5.20. The fourth-order valence-electron chi connectivity index (χ4n) is 1.65. The summed E-state index contributed by atoms with van der Waals surface area (Å²) < 4.78 is 35.4. The van der Waals surface area contributed by atoms with Crippen molar-refractivity contribution in [1.82, 2.24) is 5.16 Å². The molecule has 0 fully saturated rings. The fraction of sp³-hybridized carbons (Fsp3) is 0.167. The molecule has 1 heterocycles. The maximum atomic E-state index is 12.8. The third kappa shape index (κ3) is 2.40. The van der Waals surface area contributed by atoms with Crippen LogP contribution in [0.2, 0.25) is 0 Å². The molecule has 5 nitrogen and oxygen atoms in total. The summed E-state index contributed by atoms with van der Waals surface area (Å²) in [6.45, 7) is 0. The predicted molar refractivity (Wildman–Crippen MR) is 60.4 cm³/mol. The van der Waals surface area contributed by atoms with E-state index < -0.39 is 12.4 Å². The van der Waals surface area contributed by atoms with Crippen molar-refractivity contribution >= 4 is 5.97 Å². The Balaban J connectivity index is 2.54. The van der Waals surface area contributed by atoms with Crippen molar-refractivity contribution in [1.29, 1.82) is 0 Å². The average molecular weight is 269 g/mol. The zero-order chi connectivity index (χ0) is 14.0. The second-order valence-electron chi connectivity index (χ2n) is 3.61. The molecule has 19 heavy (non-hydrogen) atoms. The van der Waals surface area contributed by atoms with Gasteiger partial charge in [-0.25, -0.2) is 13.6 Å². The van der Waals surface area contributed by atoms with Crippen LogP contribution in [-0.2, 0) is 0 Å². The molecule has 100 valence electrons. The van der Waals surface area contributed by atoms with Gasteiger partial charge in [-0.05, 0) is 12.1 Å². The van der Waals surface area contributed by atoms with Gasteiger partial charge in [0.2, 0.25) is 0 Å². The number of benzene rings is 1. The smallest absolute Gasteiger partial charge is 0.358 e. The van der Waals surface area contributed by atoms with Gasteiger partial charge in [0.25, 0.3) is 6.43 Å². The number of carboxylic acids is 1. The Morgan fingerprint density at radius 3 is 2.74 bits per heavy atom. The third-order valence-electron chi connectivity index (χ3n) is 2.48. The molecule has 1 aromatic carbocycles. The molecule has 0 atom stereocenters. The Morgan fingerprint density at radius 2 is 2.21 bits per heavy atom. The molecule has 0 amide bonds. The lowest BCUT2D eigenvalue weighted by atomic mass is 10.1. The highest BCUT2D eigenvalue weighted by Gasteiger charge is 2.21. The number of rotatable bonds is 4. The molecule has 7 heteroatoms. The van der Waals surface area contributed by atoms with Crippen LogP contribution < -0.4 is 4.74 Å². The molecule has 0 aliphatic carbocycles. The van der Waals surface area contributed by atoms with Gasteiger partial charge < -0.3 is 14.4 Å². The highest BCUT2D eigenvalue weighted by molar-refractivity contribution is 5.86. The van der Waals surface area contributed by atoms with E-state index in [1.54, 1.807) is 0 Å². The molecule has 1 N–H and O–H groups in total. The number of carboxylic acid groups (broad SMARTS) is 1. The maximum Gasteiger partial charge on any atom is 0.358 e. The molecular weight excluding hydrogens is 260 g/mol. The van der Waals surface area contributed by atoms with Crippen LogP contribution in [0.4, 0.5) is 8.78 Å². The van der Waals surface area contributed by atoms with Crippen LogP contribution in [0.15, 0.2) is 28.8 Å². The highest BCUT2D eigenvalue weighted by Crippen LogP contribution is 2.37. The summed E-state index contributed by atoms with van der Waals surface area (Å²) in [5, 5.41) is 12.1. The molecule has 1 aromatic heterocycles. The van der Waals surface area contributed by atoms with Gasteiger partial charge in [-0.2, -0.15) is 0 Å². The number of carbonyl (C=O) groups is 1. The first-order chi connectivity index (χ1) is 9.04. The van der Waals surface area contributed by atoms with Crippen molar-refractivity contribution < 1.29 is 27.9 Å². The van der Waals surface area contributed by atoms with Crippen LogP contribution in [0, 0.1) is 0 Å². The summed E-state index contributed by atoms with van der Waals surface area (Å²) in [6, 6.07) is 5.26. The van der Waals surface area contributed by atoms with Gasteiger partial charge in [0, 0.05) is 6.07 Å². The first-order valence-electron chi connectivity index (χ1n) is 5.20. The minimum atomic E-state index is -2.71. The monoisotopic (exact) mass is 269 g/mol. The van der Waals surface area contributed by atoms with Gasteiger partial charge >= 0.3 is 5.97 Å². The highest BCUT2D eigenvalue weighted by atomic mass is 19.3. The largest absolute Gasteiger partial charge is 0.495 e. The molecule has 0 saturated heterocycles. The van der Waals surface area contributed by atoms with Crippen LogP contribution in [0.1, 0.15) is 22.5 Å². The summed E-state index contributed by atoms with van der Waals surface area (Å²) in [7, 11) is 1.25. The Labute approximate surface area is 106 Å². The number of hydrogen-bond donors (Lipinski definition) is 1. The Bertz CT molecular complexity index is 610. The predicted octanol–water partition coefficient (Wildman–Crippen LogP) is 2.99. The average Bonchev–Trinajstić information content (AvgIpc) is 2.87. The zero-order valence-electron chi connectivity index (χ0n) is 9.76. The van der Waals surface area contributed by atoms with Crippen LogP contribution in [0.25, 0.3) is 11.3 Å². The van der Waals surface area contributed by atoms with Gasteiger partial charge in [-0.3, -0.25) is 0 Å². The number of ether oxygens (including phenoxy) is 1. The van der Waals surface area contributed by atoms with Gasteiger partial charge in [0.1, 0.15) is 5.75 Å². The number of methoxy groups -OCH3 is 1. The fourth-order valence-corrected chi connectivity index (χ4v) is 1.65. The number of alkyl halides is 2. The molecule has 0 saturated carbocycles. The Morgan fingerprint density at radius 1 is 1.47 bits per heavy atom. The topological polar surface area (TPSA) is 72.6 Å². The second kappa shape index (κ2) is 5.05. The lowest BCUT2D eigenvalue weighted by Crippen LogP contribution is -1.95. The number of nitrogens with zero attached hydrogens (tertiary/aromatic N) is 1. The summed E-state index contributed by atoms with van der Waals surface area (Å²) >= 11 is 0. The van der Waals surface area contributed by atoms with E-state index in [4.69, 9.17) is 14.4 Å². The minimum Gasteiger partial charge on any atom is -0.495 e. The Kier molecular flexibility index (Phi) is 3.46. The van der Waals surface area contributed by atoms with E-state index in [0.717, 1.165) is 6.07 Å². The summed E-state index contributed by atoms with van der Waals surface area (Å²) in [6.07, 6.45) is -2.71. The first kappa shape index (κ1) is 13.0. The third-order valence-corrected chi connectivity index (χ3v) is 2.48. The normalized spacial score (nSPS) is 10.7. The Hall–Kier alpha value is -2.44. The number of aromatic nitrogens is 1. The molecule has 2 rings (SSSR count). The number of aromatic carboxylic acids is 1. The standard InChI is InChI=1S/C12H9F2NO4/c1-18-10-6(3-2-4-7(10)11(13)14)9-5-8(12(16)17)15-19-9/h2-5,11H,1H3,(H,16,17). The summed E-state index contributed by atoms with van der Waals surface area (Å²) in [4.78, 5) is 10.7. The van der Waals surface area contributed by atoms with Crippen LogP contribution in [-0.4, -0.2) is 23.3 Å². The van der Waals surface area contributed by atoms with Crippen molar-refractivity contribution in [2.24, 2.45) is 0 Å². The molecule has 0 spiro atoms. The quantitative estimate of drug-likeness (QED) is 0.923. The maximum absolute atomic E-state index is 12.8. The number of hydrogen-bond acceptors (Lipinski definition) is 4. The van der Waals surface area contributed by atoms with Gasteiger partial charge in [-0.1, -0.05) is 11.2 Å². The molecule has 0 radical (unpaired) electrons. The van der Waals surface area contributed by atoms with Crippen LogP contribution >= 0.6 is 0 Å². The van der Waals surface area contributed by atoms with E-state index in [0.29, 0.717) is 0 Å². The van der Waals surface area contributed by atoms with E-state index in [-0.39, 0.29) is 28.3 Å². The van der Waals surface area contributed by atoms with Crippen molar-refractivity contribution in [2.75, 3.05) is 7.11 Å². The van der Waals surface area contributed by atoms with Crippen LogP contribution in [0.5, 0.6) is 5.75 Å². The minimum absolute atomic E-state index is 0.0525. The van der Waals surface area contributed by atoms with Crippen molar-refractivity contribution in [3.8, 4) is 17.1 Å². The number of halogens is 2. The SMILES string of the molecule is COc1c(-c2cc(C(=O)O)no2)cccc1C(F)F. The van der Waals surface area contributed by atoms with Crippen molar-refractivity contribution in [2.45, 2.75) is 6.43 Å². The second-order valence-corrected chi connectivity index (χ2v) is 3.61. The van der Waals surface area contributed by atoms with Crippen molar-refractivity contribution in [3.05, 3.63) is 35.5 Å². The van der Waals surface area contributed by atoms with Gasteiger partial charge in [0.05, 0.1) is 18.2 Å². The van der Waals surface area contributed by atoms with E-state index in [2.05, 4.69) is 5.16 Å². The lowest BCUT2D eigenvalue weighted by Gasteiger charge is -2.10. The molecule has 0 unspecified atom stereocenters. The molecule has 0 aliphatic heterocycles. The van der Waals surface area contributed by atoms with Crippen molar-refractivity contribution in [3.63, 3.8) is 0 Å². The van der Waals surface area contributed by atoms with Crippen LogP contribution in [0.3, 0.4) is 0 Å². The summed E-state index contributed by atoms with van der Waals surface area (Å²) in [5.41, 5.74) is -0.381. The molecule has 0 bridgehead atoms. The zero-order valence-corrected chi connectivity index (χ0v) is 9.76. The van der Waals surface area contributed by atoms with E-state index in [1.807, 2.05) is 0 Å². The van der Waals surface area contributed by atoms with Gasteiger partial charge in [-0.15, -0.1) is 0 Å². The molecular formula is C12H9F2NO4. The van der Waals surface area contributed by atoms with E-state index in [9.17, 15) is 13.6 Å². The molecule has 2 aromatic rings. The molecule has 0 aliphatic rings. The van der Waals surface area contributed by atoms with E-state index >= 15 is 0 Å². The lowest BCUT2D eigenvalue weighted by molar-refractivity contribution is 0.0686. The van der Waals surface area contributed by atoms with Gasteiger partial charge in [0.15, 0.2) is 11.5 Å².